The fraction of sp³-hybridized carbons (Fsp3) is 0.364. The van der Waals surface area contributed by atoms with Gasteiger partial charge in [-0.2, -0.15) is 4.31 Å². The van der Waals surface area contributed by atoms with Gasteiger partial charge in [0, 0.05) is 35.3 Å². The largest absolute Gasteiger partial charge is 0.379 e. The molecule has 2 aliphatic rings. The molecule has 1 saturated heterocycles. The minimum atomic E-state index is -3.78. The first-order chi connectivity index (χ1) is 15.8. The van der Waals surface area contributed by atoms with E-state index in [2.05, 4.69) is 5.32 Å². The monoisotopic (exact) mass is 493 g/mol. The van der Waals surface area contributed by atoms with Crippen LogP contribution in [-0.2, 0) is 24.3 Å². The summed E-state index contributed by atoms with van der Waals surface area (Å²) < 4.78 is 46.4. The van der Waals surface area contributed by atoms with Gasteiger partial charge >= 0.3 is 0 Å². The van der Waals surface area contributed by atoms with Gasteiger partial charge in [0.15, 0.2) is 0 Å². The molecular formula is C22H24FN3O5S2. The predicted molar refractivity (Wildman–Crippen MR) is 123 cm³/mol. The van der Waals surface area contributed by atoms with Gasteiger partial charge in [-0.05, 0) is 36.4 Å². The zero-order chi connectivity index (χ0) is 23.6. The molecule has 0 saturated carbocycles. The Kier molecular flexibility index (Phi) is 7.03. The molecule has 2 heterocycles. The molecule has 2 aromatic rings. The van der Waals surface area contributed by atoms with Crippen LogP contribution >= 0.6 is 11.8 Å². The standard InChI is InChI=1S/C22H24FN3O5S2/c1-15-14-32-20-6-5-18(33(29,30)25-7-9-31-10-8-25)12-19(20)26(22(15)28)13-21(27)24-17-4-2-3-16(23)11-17/h2-6,11-12,15H,7-10,13-14H2,1H3,(H,24,27)/t15-/m1/s1. The Bertz CT molecular complexity index is 1170. The average Bonchev–Trinajstić information content (AvgIpc) is 2.91. The molecule has 0 radical (unpaired) electrons. The number of benzene rings is 2. The maximum absolute atomic E-state index is 13.5. The van der Waals surface area contributed by atoms with Gasteiger partial charge in [0.05, 0.1) is 23.8 Å². The van der Waals surface area contributed by atoms with Crippen molar-refractivity contribution in [1.82, 2.24) is 4.31 Å². The molecule has 1 N–H and O–H groups in total. The molecule has 2 aliphatic heterocycles. The third-order valence-corrected chi connectivity index (χ3v) is 8.63. The van der Waals surface area contributed by atoms with Crippen LogP contribution in [0.5, 0.6) is 0 Å². The number of ether oxygens (including phenoxy) is 1. The lowest BCUT2D eigenvalue weighted by molar-refractivity contribution is -0.123. The van der Waals surface area contributed by atoms with Crippen LogP contribution in [-0.4, -0.2) is 63.1 Å². The van der Waals surface area contributed by atoms with Crippen LogP contribution in [0.3, 0.4) is 0 Å². The van der Waals surface area contributed by atoms with Crippen molar-refractivity contribution in [3.8, 4) is 0 Å². The smallest absolute Gasteiger partial charge is 0.244 e. The molecule has 2 aromatic carbocycles. The van der Waals surface area contributed by atoms with E-state index in [1.54, 1.807) is 19.1 Å². The van der Waals surface area contributed by atoms with Crippen LogP contribution in [0, 0.1) is 11.7 Å². The Morgan fingerprint density at radius 1 is 1.21 bits per heavy atom. The lowest BCUT2D eigenvalue weighted by Gasteiger charge is -2.27. The van der Waals surface area contributed by atoms with Crippen LogP contribution < -0.4 is 10.2 Å². The molecule has 4 rings (SSSR count). The zero-order valence-electron chi connectivity index (χ0n) is 18.0. The highest BCUT2D eigenvalue weighted by Crippen LogP contribution is 2.38. The van der Waals surface area contributed by atoms with Crippen molar-refractivity contribution < 1.29 is 27.1 Å². The van der Waals surface area contributed by atoms with Crippen molar-refractivity contribution in [1.29, 1.82) is 0 Å². The Morgan fingerprint density at radius 3 is 2.70 bits per heavy atom. The number of fused-ring (bicyclic) bond motifs is 1. The Morgan fingerprint density at radius 2 is 1.97 bits per heavy atom. The summed E-state index contributed by atoms with van der Waals surface area (Å²) in [6, 6.07) is 10.1. The van der Waals surface area contributed by atoms with Crippen molar-refractivity contribution in [2.75, 3.05) is 48.8 Å². The van der Waals surface area contributed by atoms with E-state index < -0.39 is 21.7 Å². The van der Waals surface area contributed by atoms with Crippen LogP contribution in [0.4, 0.5) is 15.8 Å². The number of sulfonamides is 1. The minimum absolute atomic E-state index is 0.0571. The van der Waals surface area contributed by atoms with E-state index in [4.69, 9.17) is 4.74 Å². The van der Waals surface area contributed by atoms with Gasteiger partial charge in [-0.3, -0.25) is 9.59 Å². The third-order valence-electron chi connectivity index (χ3n) is 5.42. The summed E-state index contributed by atoms with van der Waals surface area (Å²) in [7, 11) is -3.78. The van der Waals surface area contributed by atoms with Crippen molar-refractivity contribution in [3.63, 3.8) is 0 Å². The van der Waals surface area contributed by atoms with Gasteiger partial charge in [-0.25, -0.2) is 12.8 Å². The molecule has 0 aromatic heterocycles. The number of morpholine rings is 1. The highest BCUT2D eigenvalue weighted by atomic mass is 32.2. The Labute approximate surface area is 196 Å². The maximum atomic E-state index is 13.5. The summed E-state index contributed by atoms with van der Waals surface area (Å²) in [6.07, 6.45) is 0. The van der Waals surface area contributed by atoms with Gasteiger partial charge < -0.3 is 15.0 Å². The van der Waals surface area contributed by atoms with E-state index in [1.807, 2.05) is 0 Å². The number of anilines is 2. The maximum Gasteiger partial charge on any atom is 0.244 e. The van der Waals surface area contributed by atoms with E-state index in [0.717, 1.165) is 0 Å². The topological polar surface area (TPSA) is 96.0 Å². The number of halogens is 1. The van der Waals surface area contributed by atoms with Gasteiger partial charge in [0.25, 0.3) is 0 Å². The quantitative estimate of drug-likeness (QED) is 0.688. The number of carbonyl (C=O) groups excluding carboxylic acids is 2. The van der Waals surface area contributed by atoms with Crippen molar-refractivity contribution in [2.45, 2.75) is 16.7 Å². The van der Waals surface area contributed by atoms with E-state index in [9.17, 15) is 22.4 Å². The minimum Gasteiger partial charge on any atom is -0.379 e. The number of carbonyl (C=O) groups is 2. The summed E-state index contributed by atoms with van der Waals surface area (Å²) in [4.78, 5) is 27.9. The molecular weight excluding hydrogens is 469 g/mol. The predicted octanol–water partition coefficient (Wildman–Crippen LogP) is 2.56. The first-order valence-electron chi connectivity index (χ1n) is 10.5. The lowest BCUT2D eigenvalue weighted by Crippen LogP contribution is -2.42. The molecule has 1 fully saturated rings. The molecule has 0 bridgehead atoms. The second kappa shape index (κ2) is 9.80. The van der Waals surface area contributed by atoms with Gasteiger partial charge in [0.2, 0.25) is 21.8 Å². The number of nitrogens with zero attached hydrogens (tertiary/aromatic N) is 2. The fourth-order valence-corrected chi connectivity index (χ4v) is 6.15. The summed E-state index contributed by atoms with van der Waals surface area (Å²) >= 11 is 1.44. The zero-order valence-corrected chi connectivity index (χ0v) is 19.6. The highest BCUT2D eigenvalue weighted by Gasteiger charge is 2.32. The summed E-state index contributed by atoms with van der Waals surface area (Å²) in [5.41, 5.74) is 0.645. The van der Waals surface area contributed by atoms with Crippen molar-refractivity contribution in [2.24, 2.45) is 5.92 Å². The van der Waals surface area contributed by atoms with Crippen LogP contribution in [0.25, 0.3) is 0 Å². The molecule has 176 valence electrons. The first kappa shape index (κ1) is 23.7. The number of hydrogen-bond donors (Lipinski definition) is 1. The molecule has 8 nitrogen and oxygen atoms in total. The molecule has 1 atom stereocenters. The Hall–Kier alpha value is -2.47. The number of nitrogens with one attached hydrogen (secondary N) is 1. The molecule has 33 heavy (non-hydrogen) atoms. The van der Waals surface area contributed by atoms with Crippen LogP contribution in [0.15, 0.2) is 52.3 Å². The van der Waals surface area contributed by atoms with Gasteiger partial charge in [-0.1, -0.05) is 13.0 Å². The molecule has 0 spiro atoms. The van der Waals surface area contributed by atoms with Crippen molar-refractivity contribution >= 4 is 45.0 Å². The summed E-state index contributed by atoms with van der Waals surface area (Å²) in [6.45, 7) is 2.59. The second-order valence-electron chi connectivity index (χ2n) is 7.84. The summed E-state index contributed by atoms with van der Waals surface area (Å²) in [5, 5.41) is 2.59. The number of rotatable bonds is 5. The number of amides is 2. The number of thioether (sulfide) groups is 1. The van der Waals surface area contributed by atoms with E-state index in [-0.39, 0.29) is 42.0 Å². The third kappa shape index (κ3) is 5.21. The first-order valence-corrected chi connectivity index (χ1v) is 12.9. The van der Waals surface area contributed by atoms with E-state index in [1.165, 1.54) is 51.3 Å². The lowest BCUT2D eigenvalue weighted by atomic mass is 10.1. The van der Waals surface area contributed by atoms with Crippen molar-refractivity contribution in [3.05, 3.63) is 48.3 Å². The Balaban J connectivity index is 1.65. The fourth-order valence-electron chi connectivity index (χ4n) is 3.67. The number of hydrogen-bond acceptors (Lipinski definition) is 6. The van der Waals surface area contributed by atoms with Gasteiger partial charge in [-0.15, -0.1) is 11.8 Å². The highest BCUT2D eigenvalue weighted by molar-refractivity contribution is 7.99. The average molecular weight is 494 g/mol. The molecule has 0 unspecified atom stereocenters. The summed E-state index contributed by atoms with van der Waals surface area (Å²) in [5.74, 6) is -1.16. The van der Waals surface area contributed by atoms with E-state index >= 15 is 0 Å². The van der Waals surface area contributed by atoms with Crippen LogP contribution in [0.2, 0.25) is 0 Å². The molecule has 0 aliphatic carbocycles. The van der Waals surface area contributed by atoms with E-state index in [0.29, 0.717) is 29.5 Å². The normalized spacial score (nSPS) is 19.6. The van der Waals surface area contributed by atoms with Crippen LogP contribution in [0.1, 0.15) is 6.92 Å². The second-order valence-corrected chi connectivity index (χ2v) is 10.8. The SMILES string of the molecule is C[C@@H]1CSc2ccc(S(=O)(=O)N3CCOCC3)cc2N(CC(=O)Nc2cccc(F)c2)C1=O. The van der Waals surface area contributed by atoms with Gasteiger partial charge in [0.1, 0.15) is 12.4 Å². The molecule has 11 heteroatoms. The molecule has 2 amide bonds.